The summed E-state index contributed by atoms with van der Waals surface area (Å²) >= 11 is 0. The number of aryl methyl sites for hydroxylation is 2. The van der Waals surface area contributed by atoms with Gasteiger partial charge in [0, 0.05) is 22.9 Å². The van der Waals surface area contributed by atoms with Crippen molar-refractivity contribution >= 4 is 12.0 Å². The second-order valence-corrected chi connectivity index (χ2v) is 12.8. The molecule has 11 nitrogen and oxygen atoms in total. The number of hydrogen-bond donors (Lipinski definition) is 1. The van der Waals surface area contributed by atoms with E-state index < -0.39 is 5.97 Å². The molecule has 0 fully saturated rings. The molecule has 0 amide bonds. The molecule has 7 rings (SSSR count). The molecule has 55 heavy (non-hydrogen) atoms. The van der Waals surface area contributed by atoms with Gasteiger partial charge in [-0.1, -0.05) is 67.6 Å². The van der Waals surface area contributed by atoms with Crippen molar-refractivity contribution in [2.75, 3.05) is 0 Å². The Hall–Kier alpha value is -6.88. The first kappa shape index (κ1) is 36.5. The monoisotopic (exact) mass is 736 g/mol. The van der Waals surface area contributed by atoms with Crippen molar-refractivity contribution in [3.05, 3.63) is 161 Å². The molecule has 0 atom stereocenters. The Morgan fingerprint density at radius 1 is 0.691 bits per heavy atom. The Kier molecular flexibility index (Phi) is 11.2. The molecule has 0 spiro atoms. The van der Waals surface area contributed by atoms with Gasteiger partial charge in [0.15, 0.2) is 0 Å². The lowest BCUT2D eigenvalue weighted by molar-refractivity contribution is -0.132. The summed E-state index contributed by atoms with van der Waals surface area (Å²) < 4.78 is 31.6. The fourth-order valence-corrected chi connectivity index (χ4v) is 5.76. The number of aromatic nitrogens is 4. The van der Waals surface area contributed by atoms with Crippen LogP contribution in [-0.4, -0.2) is 30.8 Å². The summed E-state index contributed by atoms with van der Waals surface area (Å²) in [5.41, 5.74) is 5.99. The Balaban J connectivity index is 0.972. The van der Waals surface area contributed by atoms with Crippen LogP contribution in [-0.2, 0) is 31.2 Å². The highest BCUT2D eigenvalue weighted by molar-refractivity contribution is 5.92. The van der Waals surface area contributed by atoms with Gasteiger partial charge in [-0.15, -0.1) is 5.10 Å². The molecule has 0 unspecified atom stereocenters. The van der Waals surface area contributed by atoms with Gasteiger partial charge in [0.05, 0.1) is 12.1 Å². The van der Waals surface area contributed by atoms with Crippen molar-refractivity contribution < 1.29 is 32.9 Å². The van der Waals surface area contributed by atoms with Crippen LogP contribution in [0.5, 0.6) is 17.4 Å². The standard InChI is InChI=1S/C44H40N4O7/c1-4-33(44(49)50)23-36-25-48(24-31-15-19-37(20-16-31)51-27-39-29(2)54-41(45-39)34-11-7-5-8-12-34)47-43(36)53-26-32-17-21-38(22-18-32)52-28-40-30(3)55-42(46-40)35-13-9-6-10-14-35/h5-23,25H,4,24,26-28H2,1-3H3,(H,49,50). The summed E-state index contributed by atoms with van der Waals surface area (Å²) in [7, 11) is 0. The minimum absolute atomic E-state index is 0.222. The molecule has 3 heterocycles. The van der Waals surface area contributed by atoms with Crippen LogP contribution in [0.3, 0.4) is 0 Å². The third kappa shape index (κ3) is 9.20. The second-order valence-electron chi connectivity index (χ2n) is 12.8. The molecule has 1 N–H and O–H groups in total. The molecule has 7 aromatic rings. The number of aliphatic carboxylic acids is 1. The Morgan fingerprint density at radius 3 is 1.69 bits per heavy atom. The van der Waals surface area contributed by atoms with E-state index in [0.717, 1.165) is 33.6 Å². The van der Waals surface area contributed by atoms with Crippen molar-refractivity contribution in [3.8, 4) is 40.3 Å². The van der Waals surface area contributed by atoms with Gasteiger partial charge < -0.3 is 28.2 Å². The van der Waals surface area contributed by atoms with Gasteiger partial charge in [-0.2, -0.15) is 0 Å². The zero-order valence-corrected chi connectivity index (χ0v) is 30.8. The van der Waals surface area contributed by atoms with Crippen LogP contribution in [0.1, 0.15) is 52.9 Å². The van der Waals surface area contributed by atoms with Crippen molar-refractivity contribution in [1.29, 1.82) is 0 Å². The number of carboxylic acid groups (broad SMARTS) is 1. The number of hydrogen-bond acceptors (Lipinski definition) is 9. The third-order valence-electron chi connectivity index (χ3n) is 8.88. The molecule has 0 aliphatic heterocycles. The van der Waals surface area contributed by atoms with Gasteiger partial charge in [0.1, 0.15) is 54.2 Å². The van der Waals surface area contributed by atoms with E-state index >= 15 is 0 Å². The molecule has 0 aliphatic carbocycles. The second kappa shape index (κ2) is 16.9. The molecule has 3 aromatic heterocycles. The Labute approximate surface area is 318 Å². The Bertz CT molecular complexity index is 2380. The SMILES string of the molecule is CCC(=Cc1cn(Cc2ccc(OCc3nc(-c4ccccc4)oc3C)cc2)nc1OCc1ccc(OCc2nc(-c3ccccc3)oc2C)cc1)C(=O)O. The minimum atomic E-state index is -0.985. The van der Waals surface area contributed by atoms with Crippen molar-refractivity contribution in [2.24, 2.45) is 0 Å². The molecule has 278 valence electrons. The van der Waals surface area contributed by atoms with E-state index in [0.29, 0.717) is 59.2 Å². The van der Waals surface area contributed by atoms with Gasteiger partial charge >= 0.3 is 5.97 Å². The molecule has 11 heteroatoms. The zero-order valence-electron chi connectivity index (χ0n) is 30.8. The molecule has 0 saturated heterocycles. The van der Waals surface area contributed by atoms with E-state index in [2.05, 4.69) is 15.1 Å². The van der Waals surface area contributed by atoms with Crippen LogP contribution >= 0.6 is 0 Å². The first-order chi connectivity index (χ1) is 26.8. The van der Waals surface area contributed by atoms with Gasteiger partial charge in [-0.05, 0) is 86.0 Å². The highest BCUT2D eigenvalue weighted by Crippen LogP contribution is 2.26. The molecule has 0 aliphatic rings. The fraction of sp³-hybridized carbons (Fsp3) is 0.182. The summed E-state index contributed by atoms with van der Waals surface area (Å²) in [6.45, 7) is 6.75. The zero-order chi connectivity index (χ0) is 38.1. The van der Waals surface area contributed by atoms with Gasteiger partial charge in [-0.25, -0.2) is 14.8 Å². The number of ether oxygens (including phenoxy) is 3. The number of oxazole rings is 2. The number of nitrogens with zero attached hydrogens (tertiary/aromatic N) is 4. The van der Waals surface area contributed by atoms with E-state index in [1.165, 1.54) is 0 Å². The first-order valence-electron chi connectivity index (χ1n) is 17.9. The highest BCUT2D eigenvalue weighted by Gasteiger charge is 2.16. The van der Waals surface area contributed by atoms with E-state index in [1.54, 1.807) is 23.9 Å². The van der Waals surface area contributed by atoms with Gasteiger partial charge in [-0.3, -0.25) is 4.68 Å². The lowest BCUT2D eigenvalue weighted by Gasteiger charge is -2.08. The smallest absolute Gasteiger partial charge is 0.331 e. The maximum atomic E-state index is 11.9. The summed E-state index contributed by atoms with van der Waals surface area (Å²) in [4.78, 5) is 21.1. The van der Waals surface area contributed by atoms with E-state index in [4.69, 9.17) is 23.0 Å². The summed E-state index contributed by atoms with van der Waals surface area (Å²) in [5.74, 6) is 3.26. The van der Waals surface area contributed by atoms with Gasteiger partial charge in [0.2, 0.25) is 17.7 Å². The topological polar surface area (TPSA) is 135 Å². The fourth-order valence-electron chi connectivity index (χ4n) is 5.76. The maximum Gasteiger partial charge on any atom is 0.331 e. The highest BCUT2D eigenvalue weighted by atomic mass is 16.5. The van der Waals surface area contributed by atoms with Crippen LogP contribution in [0.4, 0.5) is 0 Å². The summed E-state index contributed by atoms with van der Waals surface area (Å²) in [6, 6.07) is 34.8. The van der Waals surface area contributed by atoms with Gasteiger partial charge in [0.25, 0.3) is 0 Å². The largest absolute Gasteiger partial charge is 0.487 e. The summed E-state index contributed by atoms with van der Waals surface area (Å²) in [5, 5.41) is 14.4. The van der Waals surface area contributed by atoms with E-state index in [1.807, 2.05) is 123 Å². The number of carbonyl (C=O) groups is 1. The number of benzene rings is 4. The lowest BCUT2D eigenvalue weighted by Crippen LogP contribution is -2.02. The van der Waals surface area contributed by atoms with Crippen molar-refractivity contribution in [2.45, 2.75) is 53.6 Å². The molecular formula is C44H40N4O7. The first-order valence-corrected chi connectivity index (χ1v) is 17.9. The van der Waals surface area contributed by atoms with Crippen LogP contribution < -0.4 is 14.2 Å². The van der Waals surface area contributed by atoms with E-state index in [9.17, 15) is 9.90 Å². The molecule has 4 aromatic carbocycles. The normalized spacial score (nSPS) is 11.4. The lowest BCUT2D eigenvalue weighted by atomic mass is 10.1. The minimum Gasteiger partial charge on any atom is -0.487 e. The van der Waals surface area contributed by atoms with Crippen LogP contribution in [0, 0.1) is 13.8 Å². The van der Waals surface area contributed by atoms with Crippen LogP contribution in [0.15, 0.2) is 130 Å². The van der Waals surface area contributed by atoms with Crippen LogP contribution in [0.25, 0.3) is 29.0 Å². The summed E-state index contributed by atoms with van der Waals surface area (Å²) in [6.07, 6.45) is 3.76. The van der Waals surface area contributed by atoms with Crippen LogP contribution in [0.2, 0.25) is 0 Å². The van der Waals surface area contributed by atoms with Crippen molar-refractivity contribution in [3.63, 3.8) is 0 Å². The number of carboxylic acids is 1. The van der Waals surface area contributed by atoms with E-state index in [-0.39, 0.29) is 25.4 Å². The quantitative estimate of drug-likeness (QED) is 0.0956. The Morgan fingerprint density at radius 2 is 1.20 bits per heavy atom. The third-order valence-corrected chi connectivity index (χ3v) is 8.88. The average Bonchev–Trinajstić information content (AvgIpc) is 3.91. The predicted octanol–water partition coefficient (Wildman–Crippen LogP) is 9.47. The molecule has 0 bridgehead atoms. The molecular weight excluding hydrogens is 697 g/mol. The maximum absolute atomic E-state index is 11.9. The molecule has 0 saturated carbocycles. The van der Waals surface area contributed by atoms with Crippen molar-refractivity contribution in [1.82, 2.24) is 19.7 Å². The predicted molar refractivity (Wildman–Crippen MR) is 206 cm³/mol. The number of rotatable bonds is 16. The average molecular weight is 737 g/mol. The molecule has 0 radical (unpaired) electrons.